The fraction of sp³-hybridized carbons (Fsp3) is 0.250. The number of hydrogen-bond donors (Lipinski definition) is 1. The van der Waals surface area contributed by atoms with Crippen molar-refractivity contribution in [3.8, 4) is 5.75 Å². The molecule has 0 saturated heterocycles. The molecule has 0 aliphatic carbocycles. The van der Waals surface area contributed by atoms with E-state index < -0.39 is 0 Å². The standard InChI is InChI=1S/C8H9FOS/c1-6(11)10-8-5-3-2-4-7(8)9/h2-6,11H,1H3. The first kappa shape index (κ1) is 8.40. The monoisotopic (exact) mass is 172 g/mol. The van der Waals surface area contributed by atoms with Gasteiger partial charge < -0.3 is 4.74 Å². The molecule has 0 N–H and O–H groups in total. The van der Waals surface area contributed by atoms with E-state index in [-0.39, 0.29) is 17.0 Å². The number of para-hydroxylation sites is 1. The van der Waals surface area contributed by atoms with Crippen molar-refractivity contribution in [3.63, 3.8) is 0 Å². The minimum absolute atomic E-state index is 0.245. The Morgan fingerprint density at radius 2 is 2.09 bits per heavy atom. The fourth-order valence-electron chi connectivity index (χ4n) is 0.724. The first-order valence-electron chi connectivity index (χ1n) is 3.29. The lowest BCUT2D eigenvalue weighted by Crippen LogP contribution is -2.03. The SMILES string of the molecule is CC(S)Oc1ccccc1F. The molecule has 1 nitrogen and oxygen atoms in total. The van der Waals surface area contributed by atoms with Gasteiger partial charge in [-0.05, 0) is 19.1 Å². The lowest BCUT2D eigenvalue weighted by atomic mass is 10.3. The molecule has 1 aromatic rings. The summed E-state index contributed by atoms with van der Waals surface area (Å²) in [5.41, 5.74) is -0.285. The second-order valence-electron chi connectivity index (χ2n) is 2.15. The van der Waals surface area contributed by atoms with Crippen LogP contribution in [0.1, 0.15) is 6.92 Å². The molecule has 3 heteroatoms. The summed E-state index contributed by atoms with van der Waals surface area (Å²) in [4.78, 5) is 0. The Labute approximate surface area is 70.6 Å². The average molecular weight is 172 g/mol. The molecule has 11 heavy (non-hydrogen) atoms. The van der Waals surface area contributed by atoms with Gasteiger partial charge in [-0.25, -0.2) is 4.39 Å². The van der Waals surface area contributed by atoms with E-state index in [4.69, 9.17) is 4.74 Å². The van der Waals surface area contributed by atoms with E-state index >= 15 is 0 Å². The molecule has 0 aliphatic rings. The molecule has 0 amide bonds. The summed E-state index contributed by atoms with van der Waals surface area (Å²) in [7, 11) is 0. The van der Waals surface area contributed by atoms with Crippen LogP contribution in [0, 0.1) is 5.82 Å². The average Bonchev–Trinajstić information content (AvgIpc) is 1.93. The molecule has 0 spiro atoms. The van der Waals surface area contributed by atoms with Gasteiger partial charge in [0, 0.05) is 0 Å². The van der Waals surface area contributed by atoms with Crippen molar-refractivity contribution in [1.82, 2.24) is 0 Å². The molecule has 0 aliphatic heterocycles. The zero-order chi connectivity index (χ0) is 8.27. The fourth-order valence-corrected chi connectivity index (χ4v) is 0.838. The van der Waals surface area contributed by atoms with Crippen molar-refractivity contribution in [2.45, 2.75) is 12.4 Å². The van der Waals surface area contributed by atoms with Crippen LogP contribution in [0.15, 0.2) is 24.3 Å². The van der Waals surface area contributed by atoms with Crippen LogP contribution in [0.4, 0.5) is 4.39 Å². The van der Waals surface area contributed by atoms with E-state index in [1.54, 1.807) is 25.1 Å². The summed E-state index contributed by atoms with van der Waals surface area (Å²) in [6, 6.07) is 6.26. The van der Waals surface area contributed by atoms with Crippen molar-refractivity contribution < 1.29 is 9.13 Å². The van der Waals surface area contributed by atoms with E-state index in [2.05, 4.69) is 12.6 Å². The molecule has 1 unspecified atom stereocenters. The highest BCUT2D eigenvalue weighted by Crippen LogP contribution is 2.17. The molecule has 0 saturated carbocycles. The van der Waals surface area contributed by atoms with Gasteiger partial charge in [0.25, 0.3) is 0 Å². The normalized spacial score (nSPS) is 12.6. The van der Waals surface area contributed by atoms with Crippen LogP contribution in [0.2, 0.25) is 0 Å². The molecule has 0 radical (unpaired) electrons. The smallest absolute Gasteiger partial charge is 0.165 e. The molecule has 0 bridgehead atoms. The van der Waals surface area contributed by atoms with Crippen LogP contribution < -0.4 is 4.74 Å². The lowest BCUT2D eigenvalue weighted by Gasteiger charge is -2.08. The molecule has 0 fully saturated rings. The third-order valence-electron chi connectivity index (χ3n) is 1.13. The summed E-state index contributed by atoms with van der Waals surface area (Å²) >= 11 is 3.97. The predicted molar refractivity (Wildman–Crippen MR) is 45.5 cm³/mol. The number of ether oxygens (including phenoxy) is 1. The van der Waals surface area contributed by atoms with Crippen LogP contribution in [0.5, 0.6) is 5.75 Å². The van der Waals surface area contributed by atoms with Crippen molar-refractivity contribution >= 4 is 12.6 Å². The van der Waals surface area contributed by atoms with Gasteiger partial charge in [0.2, 0.25) is 0 Å². The summed E-state index contributed by atoms with van der Waals surface area (Å²) in [6.07, 6.45) is 0. The quantitative estimate of drug-likeness (QED) is 0.532. The lowest BCUT2D eigenvalue weighted by molar-refractivity contribution is 0.294. The molecule has 0 aromatic heterocycles. The van der Waals surface area contributed by atoms with Gasteiger partial charge in [-0.3, -0.25) is 0 Å². The van der Waals surface area contributed by atoms with Crippen molar-refractivity contribution in [1.29, 1.82) is 0 Å². The molecular formula is C8H9FOS. The van der Waals surface area contributed by atoms with Crippen LogP contribution >= 0.6 is 12.6 Å². The first-order chi connectivity index (χ1) is 5.20. The highest BCUT2D eigenvalue weighted by atomic mass is 32.1. The summed E-state index contributed by atoms with van der Waals surface area (Å²) in [5.74, 6) is -0.108. The Morgan fingerprint density at radius 3 is 2.64 bits per heavy atom. The minimum atomic E-state index is -0.353. The van der Waals surface area contributed by atoms with Gasteiger partial charge in [0.1, 0.15) is 5.44 Å². The van der Waals surface area contributed by atoms with Crippen LogP contribution in [0.3, 0.4) is 0 Å². The van der Waals surface area contributed by atoms with E-state index in [1.165, 1.54) is 6.07 Å². The van der Waals surface area contributed by atoms with Crippen molar-refractivity contribution in [2.24, 2.45) is 0 Å². The van der Waals surface area contributed by atoms with E-state index in [9.17, 15) is 4.39 Å². The number of benzene rings is 1. The number of halogens is 1. The second kappa shape index (κ2) is 3.62. The third kappa shape index (κ3) is 2.42. The van der Waals surface area contributed by atoms with E-state index in [0.717, 1.165) is 0 Å². The molecule has 60 valence electrons. The Bertz CT molecular complexity index is 237. The zero-order valence-electron chi connectivity index (χ0n) is 6.12. The van der Waals surface area contributed by atoms with Gasteiger partial charge in [-0.1, -0.05) is 12.1 Å². The Morgan fingerprint density at radius 1 is 1.45 bits per heavy atom. The molecule has 1 atom stereocenters. The summed E-state index contributed by atoms with van der Waals surface area (Å²) in [5, 5.41) is 0. The number of rotatable bonds is 2. The van der Waals surface area contributed by atoms with Gasteiger partial charge in [-0.15, -0.1) is 12.6 Å². The largest absolute Gasteiger partial charge is 0.477 e. The van der Waals surface area contributed by atoms with Crippen LogP contribution in [-0.4, -0.2) is 5.44 Å². The number of thiol groups is 1. The summed E-state index contributed by atoms with van der Waals surface area (Å²) in [6.45, 7) is 1.73. The van der Waals surface area contributed by atoms with E-state index in [0.29, 0.717) is 0 Å². The van der Waals surface area contributed by atoms with Gasteiger partial charge in [0.05, 0.1) is 0 Å². The second-order valence-corrected chi connectivity index (χ2v) is 2.87. The zero-order valence-corrected chi connectivity index (χ0v) is 7.01. The molecule has 1 aromatic carbocycles. The highest BCUT2D eigenvalue weighted by Gasteiger charge is 2.02. The maximum absolute atomic E-state index is 12.8. The minimum Gasteiger partial charge on any atom is -0.477 e. The predicted octanol–water partition coefficient (Wildman–Crippen LogP) is 2.48. The molecular weight excluding hydrogens is 163 g/mol. The van der Waals surface area contributed by atoms with E-state index in [1.807, 2.05) is 0 Å². The highest BCUT2D eigenvalue weighted by molar-refractivity contribution is 7.80. The van der Waals surface area contributed by atoms with Gasteiger partial charge in [-0.2, -0.15) is 0 Å². The molecule has 0 heterocycles. The third-order valence-corrected chi connectivity index (χ3v) is 1.24. The van der Waals surface area contributed by atoms with Gasteiger partial charge in [0.15, 0.2) is 11.6 Å². The Kier molecular flexibility index (Phi) is 2.76. The maximum Gasteiger partial charge on any atom is 0.165 e. The molecule has 1 rings (SSSR count). The Hall–Kier alpha value is -0.700. The first-order valence-corrected chi connectivity index (χ1v) is 3.81. The van der Waals surface area contributed by atoms with Gasteiger partial charge >= 0.3 is 0 Å². The summed E-state index contributed by atoms with van der Waals surface area (Å²) < 4.78 is 17.8. The maximum atomic E-state index is 12.8. The van der Waals surface area contributed by atoms with Crippen LogP contribution in [0.25, 0.3) is 0 Å². The topological polar surface area (TPSA) is 9.23 Å². The van der Waals surface area contributed by atoms with Crippen LogP contribution in [-0.2, 0) is 0 Å². The number of hydrogen-bond acceptors (Lipinski definition) is 2. The van der Waals surface area contributed by atoms with Crippen molar-refractivity contribution in [3.05, 3.63) is 30.1 Å². The Balaban J connectivity index is 2.78. The van der Waals surface area contributed by atoms with Crippen molar-refractivity contribution in [2.75, 3.05) is 0 Å².